The van der Waals surface area contributed by atoms with E-state index in [9.17, 15) is 18.0 Å². The fourth-order valence-electron chi connectivity index (χ4n) is 2.98. The van der Waals surface area contributed by atoms with Crippen LogP contribution in [0.2, 0.25) is 0 Å². The molecule has 0 aliphatic carbocycles. The summed E-state index contributed by atoms with van der Waals surface area (Å²) < 4.78 is 42.9. The molecule has 1 aromatic heterocycles. The first kappa shape index (κ1) is 22.2. The molecular weight excluding hydrogens is 415 g/mol. The number of hydrogen-bond acceptors (Lipinski definition) is 4. The molecule has 0 atom stereocenters. The Bertz CT molecular complexity index is 987. The minimum Gasteiger partial charge on any atom is -0.367 e. The molecule has 0 aliphatic heterocycles. The van der Waals surface area contributed by atoms with Gasteiger partial charge in [-0.05, 0) is 29.5 Å². The number of alkyl halides is 3. The maximum Gasteiger partial charge on any atom is 0.411 e. The summed E-state index contributed by atoms with van der Waals surface area (Å²) in [4.78, 5) is 17.1. The highest BCUT2D eigenvalue weighted by atomic mass is 32.2. The molecule has 160 valence electrons. The number of ether oxygens (including phenoxy) is 1. The van der Waals surface area contributed by atoms with E-state index in [1.54, 1.807) is 36.0 Å². The van der Waals surface area contributed by atoms with Gasteiger partial charge in [0.2, 0.25) is 5.91 Å². The summed E-state index contributed by atoms with van der Waals surface area (Å²) in [6, 6.07) is 14.6. The van der Waals surface area contributed by atoms with Gasteiger partial charge in [-0.25, -0.2) is 4.98 Å². The number of para-hydroxylation sites is 2. The number of nitrogens with zero attached hydrogens (tertiary/aromatic N) is 2. The SMILES string of the molecule is CSCc1nc2ccccc2n1CC(=O)NCc1ccc(COCC(F)(F)F)cc1. The summed E-state index contributed by atoms with van der Waals surface area (Å²) in [5.41, 5.74) is 3.27. The van der Waals surface area contributed by atoms with Crippen molar-refractivity contribution in [2.75, 3.05) is 12.9 Å². The molecule has 0 radical (unpaired) electrons. The summed E-state index contributed by atoms with van der Waals surface area (Å²) >= 11 is 1.64. The predicted octanol–water partition coefficient (Wildman–Crippen LogP) is 4.29. The molecule has 0 saturated heterocycles. The quantitative estimate of drug-likeness (QED) is 0.543. The number of aromatic nitrogens is 2. The van der Waals surface area contributed by atoms with E-state index in [4.69, 9.17) is 0 Å². The number of hydrogen-bond donors (Lipinski definition) is 1. The van der Waals surface area contributed by atoms with Crippen molar-refractivity contribution in [3.8, 4) is 0 Å². The van der Waals surface area contributed by atoms with E-state index in [0.29, 0.717) is 17.9 Å². The summed E-state index contributed by atoms with van der Waals surface area (Å²) in [5, 5.41) is 2.88. The Morgan fingerprint density at radius 3 is 2.53 bits per heavy atom. The Labute approximate surface area is 176 Å². The topological polar surface area (TPSA) is 56.2 Å². The van der Waals surface area contributed by atoms with E-state index in [2.05, 4.69) is 15.0 Å². The fourth-order valence-corrected chi connectivity index (χ4v) is 3.46. The molecule has 5 nitrogen and oxygen atoms in total. The van der Waals surface area contributed by atoms with Crippen molar-refractivity contribution in [3.05, 3.63) is 65.5 Å². The summed E-state index contributed by atoms with van der Waals surface area (Å²) in [6.07, 6.45) is -2.35. The predicted molar refractivity (Wildman–Crippen MR) is 111 cm³/mol. The third kappa shape index (κ3) is 6.24. The van der Waals surface area contributed by atoms with Crippen LogP contribution in [0.25, 0.3) is 11.0 Å². The number of thioether (sulfide) groups is 1. The highest BCUT2D eigenvalue weighted by Gasteiger charge is 2.27. The van der Waals surface area contributed by atoms with Gasteiger partial charge in [-0.1, -0.05) is 36.4 Å². The molecule has 0 aliphatic rings. The first-order chi connectivity index (χ1) is 14.4. The lowest BCUT2D eigenvalue weighted by atomic mass is 10.1. The van der Waals surface area contributed by atoms with Crippen LogP contribution in [0, 0.1) is 0 Å². The van der Waals surface area contributed by atoms with Gasteiger partial charge in [0.15, 0.2) is 0 Å². The molecular formula is C21H22F3N3O2S. The molecule has 1 amide bonds. The third-order valence-electron chi connectivity index (χ3n) is 4.36. The lowest BCUT2D eigenvalue weighted by Gasteiger charge is -2.10. The average Bonchev–Trinajstić information content (AvgIpc) is 3.04. The van der Waals surface area contributed by atoms with Gasteiger partial charge in [0.1, 0.15) is 19.0 Å². The molecule has 0 spiro atoms. The smallest absolute Gasteiger partial charge is 0.367 e. The zero-order valence-electron chi connectivity index (χ0n) is 16.4. The van der Waals surface area contributed by atoms with E-state index < -0.39 is 12.8 Å². The molecule has 0 fully saturated rings. The number of carbonyl (C=O) groups excluding carboxylic acids is 1. The largest absolute Gasteiger partial charge is 0.411 e. The van der Waals surface area contributed by atoms with Crippen LogP contribution < -0.4 is 5.32 Å². The second-order valence-corrected chi connectivity index (χ2v) is 7.60. The number of imidazole rings is 1. The normalized spacial score (nSPS) is 11.7. The highest BCUT2D eigenvalue weighted by molar-refractivity contribution is 7.97. The first-order valence-electron chi connectivity index (χ1n) is 9.28. The Morgan fingerprint density at radius 1 is 1.13 bits per heavy atom. The molecule has 1 heterocycles. The number of halogens is 3. The number of rotatable bonds is 9. The Morgan fingerprint density at radius 2 is 1.83 bits per heavy atom. The summed E-state index contributed by atoms with van der Waals surface area (Å²) in [5.74, 6) is 1.42. The van der Waals surface area contributed by atoms with Crippen LogP contribution in [0.5, 0.6) is 0 Å². The van der Waals surface area contributed by atoms with E-state index in [1.807, 2.05) is 35.1 Å². The number of amides is 1. The lowest BCUT2D eigenvalue weighted by Crippen LogP contribution is -2.27. The number of carbonyl (C=O) groups is 1. The molecule has 9 heteroatoms. The fraction of sp³-hybridized carbons (Fsp3) is 0.333. The van der Waals surface area contributed by atoms with Gasteiger partial charge in [0.05, 0.1) is 23.4 Å². The Hall–Kier alpha value is -2.52. The van der Waals surface area contributed by atoms with Gasteiger partial charge in [0, 0.05) is 6.54 Å². The maximum atomic E-state index is 12.5. The molecule has 3 rings (SSSR count). The van der Waals surface area contributed by atoms with Crippen molar-refractivity contribution >= 4 is 28.7 Å². The van der Waals surface area contributed by atoms with Gasteiger partial charge >= 0.3 is 6.18 Å². The zero-order chi connectivity index (χ0) is 21.6. The van der Waals surface area contributed by atoms with Gasteiger partial charge in [-0.2, -0.15) is 24.9 Å². The number of benzene rings is 2. The van der Waals surface area contributed by atoms with E-state index in [0.717, 1.165) is 22.4 Å². The number of fused-ring (bicyclic) bond motifs is 1. The monoisotopic (exact) mass is 437 g/mol. The second kappa shape index (κ2) is 9.99. The summed E-state index contributed by atoms with van der Waals surface area (Å²) in [7, 11) is 0. The van der Waals surface area contributed by atoms with Crippen LogP contribution in [0.1, 0.15) is 17.0 Å². The van der Waals surface area contributed by atoms with Crippen LogP contribution in [0.4, 0.5) is 13.2 Å². The lowest BCUT2D eigenvalue weighted by molar-refractivity contribution is -0.176. The van der Waals surface area contributed by atoms with Crippen LogP contribution in [0.15, 0.2) is 48.5 Å². The van der Waals surface area contributed by atoms with Gasteiger partial charge in [-0.15, -0.1) is 0 Å². The van der Waals surface area contributed by atoms with Crippen LogP contribution in [0.3, 0.4) is 0 Å². The zero-order valence-corrected chi connectivity index (χ0v) is 17.2. The van der Waals surface area contributed by atoms with Crippen LogP contribution in [-0.2, 0) is 35.0 Å². The molecule has 30 heavy (non-hydrogen) atoms. The summed E-state index contributed by atoms with van der Waals surface area (Å²) in [6.45, 7) is -0.892. The first-order valence-corrected chi connectivity index (χ1v) is 10.7. The molecule has 2 aromatic carbocycles. The molecule has 3 aromatic rings. The highest BCUT2D eigenvalue weighted by Crippen LogP contribution is 2.19. The van der Waals surface area contributed by atoms with Crippen molar-refractivity contribution in [2.24, 2.45) is 0 Å². The Kier molecular flexibility index (Phi) is 7.38. The molecule has 0 saturated carbocycles. The van der Waals surface area contributed by atoms with Crippen molar-refractivity contribution < 1.29 is 22.7 Å². The van der Waals surface area contributed by atoms with Crippen molar-refractivity contribution in [3.63, 3.8) is 0 Å². The van der Waals surface area contributed by atoms with E-state index in [-0.39, 0.29) is 19.1 Å². The van der Waals surface area contributed by atoms with E-state index >= 15 is 0 Å². The average molecular weight is 437 g/mol. The van der Waals surface area contributed by atoms with Crippen LogP contribution >= 0.6 is 11.8 Å². The Balaban J connectivity index is 1.55. The van der Waals surface area contributed by atoms with Crippen molar-refractivity contribution in [1.29, 1.82) is 0 Å². The molecule has 0 bridgehead atoms. The minimum atomic E-state index is -4.33. The number of nitrogens with one attached hydrogen (secondary N) is 1. The third-order valence-corrected chi connectivity index (χ3v) is 4.90. The molecule has 1 N–H and O–H groups in total. The van der Waals surface area contributed by atoms with Crippen LogP contribution in [-0.4, -0.2) is 34.5 Å². The van der Waals surface area contributed by atoms with Gasteiger partial charge < -0.3 is 14.6 Å². The maximum absolute atomic E-state index is 12.5. The second-order valence-electron chi connectivity index (χ2n) is 6.74. The molecule has 0 unspecified atom stereocenters. The van der Waals surface area contributed by atoms with Gasteiger partial charge in [0.25, 0.3) is 0 Å². The minimum absolute atomic E-state index is 0.113. The van der Waals surface area contributed by atoms with Gasteiger partial charge in [-0.3, -0.25) is 4.79 Å². The standard InChI is InChI=1S/C21H22F3N3O2S/c1-30-13-19-26-17-4-2-3-5-18(17)27(19)11-20(28)25-10-15-6-8-16(9-7-15)12-29-14-21(22,23)24/h2-9H,10-14H2,1H3,(H,25,28). The van der Waals surface area contributed by atoms with E-state index in [1.165, 1.54) is 0 Å². The van der Waals surface area contributed by atoms with Crippen molar-refractivity contribution in [2.45, 2.75) is 31.6 Å². The van der Waals surface area contributed by atoms with Crippen molar-refractivity contribution in [1.82, 2.24) is 14.9 Å².